The first-order valence-electron chi connectivity index (χ1n) is 5.47. The molecule has 15 heavy (non-hydrogen) atoms. The number of carbonyl (C=O) groups is 1. The lowest BCUT2D eigenvalue weighted by atomic mass is 9.79. The van der Waals surface area contributed by atoms with Crippen LogP contribution in [0.15, 0.2) is 12.2 Å². The highest BCUT2D eigenvalue weighted by Crippen LogP contribution is 2.48. The van der Waals surface area contributed by atoms with Crippen molar-refractivity contribution in [2.24, 2.45) is 0 Å². The van der Waals surface area contributed by atoms with Gasteiger partial charge in [0.15, 0.2) is 5.60 Å². The van der Waals surface area contributed by atoms with Gasteiger partial charge in [0.1, 0.15) is 0 Å². The van der Waals surface area contributed by atoms with E-state index in [9.17, 15) is 4.79 Å². The second-order valence-corrected chi connectivity index (χ2v) is 4.30. The van der Waals surface area contributed by atoms with Crippen LogP contribution in [0.3, 0.4) is 0 Å². The smallest absolute Gasteiger partial charge is 0.331 e. The van der Waals surface area contributed by atoms with Gasteiger partial charge < -0.3 is 14.2 Å². The Balaban J connectivity index is 1.97. The molecule has 0 radical (unpaired) electrons. The normalized spacial score (nSPS) is 37.7. The van der Waals surface area contributed by atoms with Crippen LogP contribution >= 0.6 is 0 Å². The van der Waals surface area contributed by atoms with E-state index < -0.39 is 11.4 Å². The highest BCUT2D eigenvalue weighted by atomic mass is 16.8. The van der Waals surface area contributed by atoms with Crippen molar-refractivity contribution in [1.29, 1.82) is 0 Å². The summed E-state index contributed by atoms with van der Waals surface area (Å²) in [4.78, 5) is 11.2. The summed E-state index contributed by atoms with van der Waals surface area (Å²) in [6.07, 6.45) is 7.02. The summed E-state index contributed by atoms with van der Waals surface area (Å²) < 4.78 is 16.9. The molecule has 3 rings (SSSR count). The first kappa shape index (κ1) is 9.36. The molecule has 1 saturated carbocycles. The lowest BCUT2D eigenvalue weighted by molar-refractivity contribution is -0.270. The summed E-state index contributed by atoms with van der Waals surface area (Å²) in [5.41, 5.74) is -0.654. The van der Waals surface area contributed by atoms with Crippen LogP contribution in [0, 0.1) is 0 Å². The Morgan fingerprint density at radius 2 is 1.87 bits per heavy atom. The number of hydrogen-bond donors (Lipinski definition) is 0. The molecule has 4 nitrogen and oxygen atoms in total. The molecule has 1 unspecified atom stereocenters. The van der Waals surface area contributed by atoms with Gasteiger partial charge in [0.05, 0.1) is 13.2 Å². The molecule has 0 aromatic carbocycles. The third-order valence-corrected chi connectivity index (χ3v) is 3.47. The average Bonchev–Trinajstić information content (AvgIpc) is 2.81. The van der Waals surface area contributed by atoms with Crippen molar-refractivity contribution in [2.45, 2.75) is 37.1 Å². The van der Waals surface area contributed by atoms with E-state index in [4.69, 9.17) is 14.2 Å². The fourth-order valence-electron chi connectivity index (χ4n) is 2.78. The Labute approximate surface area is 88.2 Å². The van der Waals surface area contributed by atoms with Crippen molar-refractivity contribution in [3.05, 3.63) is 12.2 Å². The maximum Gasteiger partial charge on any atom is 0.331 e. The van der Waals surface area contributed by atoms with E-state index >= 15 is 0 Å². The van der Waals surface area contributed by atoms with E-state index in [1.54, 1.807) is 0 Å². The van der Waals surface area contributed by atoms with Crippen LogP contribution in [-0.4, -0.2) is 30.6 Å². The monoisotopic (exact) mass is 210 g/mol. The molecule has 0 N–H and O–H groups in total. The highest BCUT2D eigenvalue weighted by Gasteiger charge is 2.60. The van der Waals surface area contributed by atoms with Gasteiger partial charge in [0.2, 0.25) is 5.79 Å². The van der Waals surface area contributed by atoms with Gasteiger partial charge in [-0.15, -0.1) is 0 Å². The van der Waals surface area contributed by atoms with Crippen LogP contribution in [-0.2, 0) is 19.0 Å². The number of rotatable bonds is 0. The van der Waals surface area contributed by atoms with Crippen molar-refractivity contribution in [3.63, 3.8) is 0 Å². The van der Waals surface area contributed by atoms with Gasteiger partial charge in [0, 0.05) is 12.5 Å². The first-order valence-corrected chi connectivity index (χ1v) is 5.47. The van der Waals surface area contributed by atoms with Crippen molar-refractivity contribution in [1.82, 2.24) is 0 Å². The lowest BCUT2D eigenvalue weighted by Crippen LogP contribution is -2.56. The molecule has 2 heterocycles. The Hall–Kier alpha value is -0.870. The fourth-order valence-corrected chi connectivity index (χ4v) is 2.78. The third-order valence-electron chi connectivity index (χ3n) is 3.47. The van der Waals surface area contributed by atoms with Gasteiger partial charge in [-0.2, -0.15) is 0 Å². The SMILES string of the molecule is O=C1C=CC2(CCCCC23OCCO3)O1. The Morgan fingerprint density at radius 3 is 2.53 bits per heavy atom. The zero-order valence-electron chi connectivity index (χ0n) is 8.53. The van der Waals surface area contributed by atoms with E-state index in [1.165, 1.54) is 6.08 Å². The number of hydrogen-bond acceptors (Lipinski definition) is 4. The van der Waals surface area contributed by atoms with Gasteiger partial charge in [-0.3, -0.25) is 0 Å². The molecular formula is C11H14O4. The topological polar surface area (TPSA) is 44.8 Å². The van der Waals surface area contributed by atoms with Crippen molar-refractivity contribution in [2.75, 3.05) is 13.2 Å². The minimum Gasteiger partial charge on any atom is -0.446 e. The highest BCUT2D eigenvalue weighted by molar-refractivity contribution is 5.85. The van der Waals surface area contributed by atoms with Crippen molar-refractivity contribution in [3.8, 4) is 0 Å². The average molecular weight is 210 g/mol. The first-order chi connectivity index (χ1) is 7.27. The predicted molar refractivity (Wildman–Crippen MR) is 51.1 cm³/mol. The second-order valence-electron chi connectivity index (χ2n) is 4.30. The molecule has 2 spiro atoms. The zero-order valence-corrected chi connectivity index (χ0v) is 8.53. The quantitative estimate of drug-likeness (QED) is 0.563. The summed E-state index contributed by atoms with van der Waals surface area (Å²) in [5.74, 6) is -0.983. The van der Waals surface area contributed by atoms with Gasteiger partial charge in [-0.25, -0.2) is 4.79 Å². The maximum absolute atomic E-state index is 11.2. The largest absolute Gasteiger partial charge is 0.446 e. The third kappa shape index (κ3) is 1.18. The van der Waals surface area contributed by atoms with E-state index in [-0.39, 0.29) is 5.97 Å². The molecular weight excluding hydrogens is 196 g/mol. The molecule has 0 amide bonds. The van der Waals surface area contributed by atoms with E-state index in [1.807, 2.05) is 6.08 Å². The molecule has 1 atom stereocenters. The molecule has 0 aromatic heterocycles. The molecule has 0 bridgehead atoms. The summed E-state index contributed by atoms with van der Waals surface area (Å²) in [6.45, 7) is 1.18. The van der Waals surface area contributed by atoms with Gasteiger partial charge in [0.25, 0.3) is 0 Å². The Bertz CT molecular complexity index is 317. The van der Waals surface area contributed by atoms with Crippen LogP contribution in [0.5, 0.6) is 0 Å². The van der Waals surface area contributed by atoms with E-state index in [2.05, 4.69) is 0 Å². The minimum atomic E-state index is -0.700. The van der Waals surface area contributed by atoms with Gasteiger partial charge >= 0.3 is 5.97 Å². The summed E-state index contributed by atoms with van der Waals surface area (Å²) in [6, 6.07) is 0. The van der Waals surface area contributed by atoms with Crippen LogP contribution in [0.2, 0.25) is 0 Å². The van der Waals surface area contributed by atoms with Crippen LogP contribution in [0.1, 0.15) is 25.7 Å². The summed E-state index contributed by atoms with van der Waals surface area (Å²) in [7, 11) is 0. The van der Waals surface area contributed by atoms with E-state index in [0.717, 1.165) is 25.7 Å². The second kappa shape index (κ2) is 3.06. The minimum absolute atomic E-state index is 0.282. The van der Waals surface area contributed by atoms with Crippen LogP contribution in [0.25, 0.3) is 0 Å². The fraction of sp³-hybridized carbons (Fsp3) is 0.727. The Morgan fingerprint density at radius 1 is 1.13 bits per heavy atom. The van der Waals surface area contributed by atoms with E-state index in [0.29, 0.717) is 13.2 Å². The molecule has 2 aliphatic heterocycles. The maximum atomic E-state index is 11.2. The van der Waals surface area contributed by atoms with Gasteiger partial charge in [-0.05, 0) is 25.3 Å². The molecule has 0 aromatic rings. The molecule has 4 heteroatoms. The van der Waals surface area contributed by atoms with Crippen LogP contribution < -0.4 is 0 Å². The number of carbonyl (C=O) groups excluding carboxylic acids is 1. The molecule has 3 aliphatic rings. The summed E-state index contributed by atoms with van der Waals surface area (Å²) >= 11 is 0. The number of fused-ring (bicyclic) bond motifs is 1. The molecule has 1 aliphatic carbocycles. The van der Waals surface area contributed by atoms with Crippen molar-refractivity contribution >= 4 is 5.97 Å². The zero-order chi connectivity index (χ0) is 10.4. The van der Waals surface area contributed by atoms with Crippen molar-refractivity contribution < 1.29 is 19.0 Å². The number of ether oxygens (including phenoxy) is 3. The molecule has 2 fully saturated rings. The van der Waals surface area contributed by atoms with Gasteiger partial charge in [-0.1, -0.05) is 0 Å². The Kier molecular flexibility index (Phi) is 1.91. The molecule has 1 saturated heterocycles. The predicted octanol–water partition coefficient (Wildman–Crippen LogP) is 1.16. The number of esters is 1. The summed E-state index contributed by atoms with van der Waals surface area (Å²) in [5, 5.41) is 0. The molecule has 82 valence electrons. The standard InChI is InChI=1S/C11H14O4/c12-9-3-6-10(15-9)4-1-2-5-11(10)13-7-8-14-11/h3,6H,1-2,4-5,7-8H2. The van der Waals surface area contributed by atoms with Crippen LogP contribution in [0.4, 0.5) is 0 Å². The lowest BCUT2D eigenvalue weighted by Gasteiger charge is -2.45.